The Kier molecular flexibility index (Phi) is 3.68. The van der Waals surface area contributed by atoms with Gasteiger partial charge in [0.1, 0.15) is 11.5 Å². The van der Waals surface area contributed by atoms with Crippen molar-refractivity contribution in [2.75, 3.05) is 13.2 Å². The molecule has 1 saturated carbocycles. The van der Waals surface area contributed by atoms with Crippen LogP contribution < -0.4 is 0 Å². The molecule has 0 radical (unpaired) electrons. The SMILES string of the molecule is Cc1ccc(CN2C[C@H]3CC[C@H]2[C@H]3OCC(C)C)o1. The number of likely N-dealkylation sites (tertiary alicyclic amines) is 1. The zero-order chi connectivity index (χ0) is 13.4. The number of piperidine rings is 1. The van der Waals surface area contributed by atoms with Gasteiger partial charge in [-0.1, -0.05) is 13.8 Å². The van der Waals surface area contributed by atoms with Gasteiger partial charge in [-0.2, -0.15) is 0 Å². The number of furan rings is 1. The van der Waals surface area contributed by atoms with Gasteiger partial charge in [-0.3, -0.25) is 4.90 Å². The maximum absolute atomic E-state index is 6.15. The summed E-state index contributed by atoms with van der Waals surface area (Å²) in [4.78, 5) is 2.55. The molecule has 3 rings (SSSR count). The topological polar surface area (TPSA) is 25.6 Å². The van der Waals surface area contributed by atoms with Crippen molar-refractivity contribution >= 4 is 0 Å². The molecule has 0 unspecified atom stereocenters. The Morgan fingerprint density at radius 2 is 2.21 bits per heavy atom. The second-order valence-corrected chi connectivity index (χ2v) is 6.54. The van der Waals surface area contributed by atoms with E-state index in [2.05, 4.69) is 30.9 Å². The number of aryl methyl sites for hydroxylation is 1. The van der Waals surface area contributed by atoms with Crippen molar-refractivity contribution < 1.29 is 9.15 Å². The molecule has 0 spiro atoms. The summed E-state index contributed by atoms with van der Waals surface area (Å²) in [5, 5.41) is 0. The van der Waals surface area contributed by atoms with Crippen LogP contribution in [0.5, 0.6) is 0 Å². The van der Waals surface area contributed by atoms with Gasteiger partial charge in [-0.25, -0.2) is 0 Å². The highest BCUT2D eigenvalue weighted by Crippen LogP contribution is 2.40. The van der Waals surface area contributed by atoms with Crippen molar-refractivity contribution in [2.24, 2.45) is 11.8 Å². The van der Waals surface area contributed by atoms with Gasteiger partial charge in [0, 0.05) is 19.2 Å². The predicted molar refractivity (Wildman–Crippen MR) is 74.9 cm³/mol. The fraction of sp³-hybridized carbons (Fsp3) is 0.750. The van der Waals surface area contributed by atoms with Crippen molar-refractivity contribution in [3.8, 4) is 0 Å². The zero-order valence-electron chi connectivity index (χ0n) is 12.3. The molecular weight excluding hydrogens is 238 g/mol. The smallest absolute Gasteiger partial charge is 0.118 e. The lowest BCUT2D eigenvalue weighted by Gasteiger charge is -2.26. The summed E-state index contributed by atoms with van der Waals surface area (Å²) < 4.78 is 11.9. The average molecular weight is 263 g/mol. The Hall–Kier alpha value is -0.800. The Bertz CT molecular complexity index is 426. The first-order valence-electron chi connectivity index (χ1n) is 7.54. The Balaban J connectivity index is 1.60. The van der Waals surface area contributed by atoms with Crippen LogP contribution in [0, 0.1) is 18.8 Å². The van der Waals surface area contributed by atoms with Crippen LogP contribution in [0.4, 0.5) is 0 Å². The van der Waals surface area contributed by atoms with E-state index in [0.29, 0.717) is 18.1 Å². The highest BCUT2D eigenvalue weighted by atomic mass is 16.5. The number of fused-ring (bicyclic) bond motifs is 2. The summed E-state index contributed by atoms with van der Waals surface area (Å²) in [5.74, 6) is 3.46. The molecule has 19 heavy (non-hydrogen) atoms. The normalized spacial score (nSPS) is 30.6. The second-order valence-electron chi connectivity index (χ2n) is 6.54. The van der Waals surface area contributed by atoms with Gasteiger partial charge in [0.05, 0.1) is 12.6 Å². The largest absolute Gasteiger partial charge is 0.465 e. The Morgan fingerprint density at radius 1 is 1.37 bits per heavy atom. The van der Waals surface area contributed by atoms with Gasteiger partial charge >= 0.3 is 0 Å². The summed E-state index contributed by atoms with van der Waals surface area (Å²) in [6, 6.07) is 4.76. The van der Waals surface area contributed by atoms with Crippen LogP contribution in [0.15, 0.2) is 16.5 Å². The molecule has 1 saturated heterocycles. The third-order valence-corrected chi connectivity index (χ3v) is 4.39. The Morgan fingerprint density at radius 3 is 2.89 bits per heavy atom. The molecule has 1 aliphatic heterocycles. The van der Waals surface area contributed by atoms with Crippen LogP contribution in [-0.4, -0.2) is 30.2 Å². The van der Waals surface area contributed by atoms with E-state index in [1.54, 1.807) is 0 Å². The number of nitrogens with zero attached hydrogens (tertiary/aromatic N) is 1. The van der Waals surface area contributed by atoms with Crippen molar-refractivity contribution in [2.45, 2.75) is 52.3 Å². The van der Waals surface area contributed by atoms with E-state index >= 15 is 0 Å². The van der Waals surface area contributed by atoms with Gasteiger partial charge in [-0.15, -0.1) is 0 Å². The molecule has 0 N–H and O–H groups in total. The first kappa shape index (κ1) is 13.2. The van der Waals surface area contributed by atoms with Crippen LogP contribution in [0.1, 0.15) is 38.2 Å². The summed E-state index contributed by atoms with van der Waals surface area (Å²) in [5.41, 5.74) is 0. The number of ether oxygens (including phenoxy) is 1. The monoisotopic (exact) mass is 263 g/mol. The van der Waals surface area contributed by atoms with Gasteiger partial charge in [0.25, 0.3) is 0 Å². The molecule has 1 aromatic rings. The standard InChI is InChI=1S/C16H25NO2/c1-11(2)10-18-16-13-5-7-15(16)17(8-13)9-14-6-4-12(3)19-14/h4,6,11,13,15-16H,5,7-10H2,1-3H3/t13-,15+,16+/m1/s1. The molecule has 1 aromatic heterocycles. The highest BCUT2D eigenvalue weighted by molar-refractivity contribution is 5.08. The molecule has 2 bridgehead atoms. The molecule has 3 nitrogen and oxygen atoms in total. The third kappa shape index (κ3) is 2.72. The van der Waals surface area contributed by atoms with E-state index in [1.807, 2.05) is 6.92 Å². The predicted octanol–water partition coefficient (Wildman–Crippen LogP) is 3.22. The van der Waals surface area contributed by atoms with Gasteiger partial charge < -0.3 is 9.15 Å². The zero-order valence-corrected chi connectivity index (χ0v) is 12.3. The van der Waals surface area contributed by atoms with Gasteiger partial charge in [-0.05, 0) is 43.7 Å². The fourth-order valence-electron chi connectivity index (χ4n) is 3.55. The van der Waals surface area contributed by atoms with Crippen molar-refractivity contribution in [3.05, 3.63) is 23.7 Å². The average Bonchev–Trinajstić information content (AvgIpc) is 3.01. The quantitative estimate of drug-likeness (QED) is 0.815. The van der Waals surface area contributed by atoms with Crippen LogP contribution in [0.25, 0.3) is 0 Å². The molecular formula is C16H25NO2. The molecule has 0 aromatic carbocycles. The first-order valence-corrected chi connectivity index (χ1v) is 7.54. The third-order valence-electron chi connectivity index (χ3n) is 4.39. The lowest BCUT2D eigenvalue weighted by molar-refractivity contribution is 0.0118. The molecule has 1 aliphatic carbocycles. The van der Waals surface area contributed by atoms with E-state index in [4.69, 9.17) is 9.15 Å². The van der Waals surface area contributed by atoms with E-state index in [9.17, 15) is 0 Å². The van der Waals surface area contributed by atoms with E-state index in [1.165, 1.54) is 19.4 Å². The van der Waals surface area contributed by atoms with Crippen molar-refractivity contribution in [3.63, 3.8) is 0 Å². The maximum atomic E-state index is 6.15. The maximum Gasteiger partial charge on any atom is 0.118 e. The van der Waals surface area contributed by atoms with Crippen molar-refractivity contribution in [1.82, 2.24) is 4.90 Å². The summed E-state index contributed by atoms with van der Waals surface area (Å²) in [6.07, 6.45) is 3.08. The molecule has 2 fully saturated rings. The lowest BCUT2D eigenvalue weighted by Crippen LogP contribution is -2.35. The molecule has 0 amide bonds. The minimum Gasteiger partial charge on any atom is -0.465 e. The highest BCUT2D eigenvalue weighted by Gasteiger charge is 2.47. The first-order chi connectivity index (χ1) is 9.13. The van der Waals surface area contributed by atoms with Crippen LogP contribution in [0.2, 0.25) is 0 Å². The lowest BCUT2D eigenvalue weighted by atomic mass is 10.1. The summed E-state index contributed by atoms with van der Waals surface area (Å²) in [6.45, 7) is 9.46. The molecule has 106 valence electrons. The van der Waals surface area contributed by atoms with E-state index in [-0.39, 0.29) is 0 Å². The second kappa shape index (κ2) is 5.29. The molecule has 2 heterocycles. The number of hydrogen-bond acceptors (Lipinski definition) is 3. The number of rotatable bonds is 5. The molecule has 3 heteroatoms. The molecule has 2 aliphatic rings. The minimum absolute atomic E-state index is 0.457. The molecule has 3 atom stereocenters. The van der Waals surface area contributed by atoms with E-state index < -0.39 is 0 Å². The van der Waals surface area contributed by atoms with Gasteiger partial charge in [0.15, 0.2) is 0 Å². The number of hydrogen-bond donors (Lipinski definition) is 0. The van der Waals surface area contributed by atoms with Crippen LogP contribution >= 0.6 is 0 Å². The van der Waals surface area contributed by atoms with E-state index in [0.717, 1.165) is 30.6 Å². The van der Waals surface area contributed by atoms with Crippen LogP contribution in [0.3, 0.4) is 0 Å². The van der Waals surface area contributed by atoms with Gasteiger partial charge in [0.2, 0.25) is 0 Å². The van der Waals surface area contributed by atoms with Crippen molar-refractivity contribution in [1.29, 1.82) is 0 Å². The summed E-state index contributed by atoms with van der Waals surface area (Å²) >= 11 is 0. The Labute approximate surface area is 115 Å². The minimum atomic E-state index is 0.457. The van der Waals surface area contributed by atoms with Crippen LogP contribution in [-0.2, 0) is 11.3 Å². The summed E-state index contributed by atoms with van der Waals surface area (Å²) in [7, 11) is 0. The fourth-order valence-corrected chi connectivity index (χ4v) is 3.55.